The van der Waals surface area contributed by atoms with Gasteiger partial charge in [-0.1, -0.05) is 12.1 Å². The summed E-state index contributed by atoms with van der Waals surface area (Å²) in [6.45, 7) is -0.297. The summed E-state index contributed by atoms with van der Waals surface area (Å²) >= 11 is 0. The van der Waals surface area contributed by atoms with Crippen molar-refractivity contribution in [2.75, 3.05) is 13.2 Å². The number of hydrogen-bond acceptors (Lipinski definition) is 7. The van der Waals surface area contributed by atoms with E-state index in [1.807, 2.05) is 0 Å². The first-order valence-electron chi connectivity index (χ1n) is 7.36. The monoisotopic (exact) mass is 337 g/mol. The molecule has 0 spiro atoms. The summed E-state index contributed by atoms with van der Waals surface area (Å²) < 4.78 is 0. The van der Waals surface area contributed by atoms with E-state index in [4.69, 9.17) is 5.11 Å². The summed E-state index contributed by atoms with van der Waals surface area (Å²) in [5.41, 5.74) is 0.191. The number of aliphatic hydroxyl groups excluding tert-OH is 3. The lowest BCUT2D eigenvalue weighted by molar-refractivity contribution is -0.385. The third kappa shape index (κ3) is 4.15. The molecule has 9 nitrogen and oxygen atoms in total. The molecule has 1 aromatic rings. The molecule has 0 aromatic heterocycles. The summed E-state index contributed by atoms with van der Waals surface area (Å²) in [6, 6.07) is 4.77. The fraction of sp³-hybridized carbons (Fsp3) is 0.400. The molecule has 24 heavy (non-hydrogen) atoms. The number of amides is 1. The first-order chi connectivity index (χ1) is 11.4. The highest BCUT2D eigenvalue weighted by Crippen LogP contribution is 2.18. The molecular formula is C15H19N3O6. The fourth-order valence-corrected chi connectivity index (χ4v) is 2.52. The predicted octanol–water partition coefficient (Wildman–Crippen LogP) is -1.22. The summed E-state index contributed by atoms with van der Waals surface area (Å²) in [6.07, 6.45) is 0.266. The zero-order valence-electron chi connectivity index (χ0n) is 12.7. The van der Waals surface area contributed by atoms with Crippen LogP contribution in [-0.2, 0) is 4.79 Å². The maximum atomic E-state index is 11.8. The Morgan fingerprint density at radius 2 is 1.96 bits per heavy atom. The van der Waals surface area contributed by atoms with E-state index in [1.54, 1.807) is 6.07 Å². The summed E-state index contributed by atoms with van der Waals surface area (Å²) in [5, 5.41) is 44.7. The Bertz CT molecular complexity index is 635. The molecule has 0 saturated carbocycles. The molecule has 1 aliphatic heterocycles. The Hall–Kier alpha value is -2.33. The van der Waals surface area contributed by atoms with Crippen LogP contribution in [-0.4, -0.2) is 63.6 Å². The van der Waals surface area contributed by atoms with E-state index in [0.717, 1.165) is 6.08 Å². The van der Waals surface area contributed by atoms with Crippen molar-refractivity contribution in [2.24, 2.45) is 0 Å². The smallest absolute Gasteiger partial charge is 0.276 e. The standard InChI is InChI=1S/C15H19N3O6/c19-8-11-15(22)14(21)10(17-11)7-16-13(20)6-5-9-3-1-2-4-12(9)18(23)24/h1-6,10-11,14-15,17,19,21-22H,7-8H2,(H,16,20)/b6-5+/t10-,11-,14-,15+/m1/s1. The maximum Gasteiger partial charge on any atom is 0.276 e. The molecule has 1 fully saturated rings. The van der Waals surface area contributed by atoms with Crippen molar-refractivity contribution in [1.29, 1.82) is 0 Å². The Morgan fingerprint density at radius 3 is 2.58 bits per heavy atom. The molecule has 2 rings (SSSR count). The normalized spacial score (nSPS) is 26.6. The zero-order chi connectivity index (χ0) is 17.7. The van der Waals surface area contributed by atoms with Gasteiger partial charge in [0.25, 0.3) is 5.69 Å². The van der Waals surface area contributed by atoms with Gasteiger partial charge in [-0.05, 0) is 12.1 Å². The topological polar surface area (TPSA) is 145 Å². The molecular weight excluding hydrogens is 318 g/mol. The zero-order valence-corrected chi connectivity index (χ0v) is 12.7. The van der Waals surface area contributed by atoms with Crippen molar-refractivity contribution in [2.45, 2.75) is 24.3 Å². The van der Waals surface area contributed by atoms with Gasteiger partial charge >= 0.3 is 0 Å². The molecule has 0 unspecified atom stereocenters. The highest BCUT2D eigenvalue weighted by Gasteiger charge is 2.40. The van der Waals surface area contributed by atoms with E-state index in [1.165, 1.54) is 24.3 Å². The number of nitrogens with one attached hydrogen (secondary N) is 2. The van der Waals surface area contributed by atoms with Gasteiger partial charge in [0.15, 0.2) is 0 Å². The number of carbonyl (C=O) groups excluding carboxylic acids is 1. The largest absolute Gasteiger partial charge is 0.395 e. The Kier molecular flexibility index (Phi) is 5.99. The molecule has 5 N–H and O–H groups in total. The summed E-state index contributed by atoms with van der Waals surface area (Å²) in [5.74, 6) is -0.496. The van der Waals surface area contributed by atoms with E-state index in [9.17, 15) is 25.1 Å². The van der Waals surface area contributed by atoms with Gasteiger partial charge < -0.3 is 26.0 Å². The first-order valence-corrected chi connectivity index (χ1v) is 7.36. The summed E-state index contributed by atoms with van der Waals surface area (Å²) in [4.78, 5) is 22.2. The van der Waals surface area contributed by atoms with E-state index >= 15 is 0 Å². The number of aliphatic hydroxyl groups is 3. The molecule has 4 atom stereocenters. The number of para-hydroxylation sites is 1. The van der Waals surface area contributed by atoms with Crippen molar-refractivity contribution in [3.8, 4) is 0 Å². The SMILES string of the molecule is O=C(/C=C/c1ccccc1[N+](=O)[O-])NC[C@H]1N[C@H](CO)[C@H](O)[C@@H]1O. The van der Waals surface area contributed by atoms with Crippen LogP contribution in [0.25, 0.3) is 6.08 Å². The van der Waals surface area contributed by atoms with Crippen LogP contribution in [0.5, 0.6) is 0 Å². The highest BCUT2D eigenvalue weighted by atomic mass is 16.6. The second kappa shape index (κ2) is 7.97. The molecule has 1 amide bonds. The number of nitro groups is 1. The molecule has 0 bridgehead atoms. The molecule has 0 aliphatic carbocycles. The van der Waals surface area contributed by atoms with Gasteiger partial charge in [-0.25, -0.2) is 0 Å². The quantitative estimate of drug-likeness (QED) is 0.248. The van der Waals surface area contributed by atoms with Crippen molar-refractivity contribution in [1.82, 2.24) is 10.6 Å². The number of nitrogens with zero attached hydrogens (tertiary/aromatic N) is 1. The number of nitro benzene ring substituents is 1. The minimum absolute atomic E-state index is 0.0365. The van der Waals surface area contributed by atoms with Crippen LogP contribution in [0.15, 0.2) is 30.3 Å². The molecule has 9 heteroatoms. The average molecular weight is 337 g/mol. The molecule has 1 aromatic carbocycles. The highest BCUT2D eigenvalue weighted by molar-refractivity contribution is 5.92. The first kappa shape index (κ1) is 18.0. The van der Waals surface area contributed by atoms with E-state index in [2.05, 4.69) is 10.6 Å². The number of benzene rings is 1. The molecule has 1 heterocycles. The Labute approximate surface area is 137 Å². The van der Waals surface area contributed by atoms with Crippen molar-refractivity contribution in [3.05, 3.63) is 46.0 Å². The molecule has 1 aliphatic rings. The third-order valence-corrected chi connectivity index (χ3v) is 3.84. The van der Waals surface area contributed by atoms with Crippen molar-refractivity contribution >= 4 is 17.7 Å². The van der Waals surface area contributed by atoms with Gasteiger partial charge in [-0.15, -0.1) is 0 Å². The summed E-state index contributed by atoms with van der Waals surface area (Å²) in [7, 11) is 0. The third-order valence-electron chi connectivity index (χ3n) is 3.84. The van der Waals surface area contributed by atoms with Crippen LogP contribution in [0, 0.1) is 10.1 Å². The van der Waals surface area contributed by atoms with Crippen LogP contribution in [0.3, 0.4) is 0 Å². The average Bonchev–Trinajstić information content (AvgIpc) is 2.85. The second-order valence-corrected chi connectivity index (χ2v) is 5.44. The van der Waals surface area contributed by atoms with E-state index in [0.29, 0.717) is 5.56 Å². The predicted molar refractivity (Wildman–Crippen MR) is 85.0 cm³/mol. The van der Waals surface area contributed by atoms with Crippen LogP contribution < -0.4 is 10.6 Å². The number of carbonyl (C=O) groups is 1. The second-order valence-electron chi connectivity index (χ2n) is 5.44. The Morgan fingerprint density at radius 1 is 1.29 bits per heavy atom. The lowest BCUT2D eigenvalue weighted by Gasteiger charge is -2.15. The molecule has 130 valence electrons. The van der Waals surface area contributed by atoms with Gasteiger partial charge in [0.05, 0.1) is 41.4 Å². The maximum absolute atomic E-state index is 11.8. The van der Waals surface area contributed by atoms with Gasteiger partial charge in [0, 0.05) is 18.7 Å². The lowest BCUT2D eigenvalue weighted by Crippen LogP contribution is -2.43. The van der Waals surface area contributed by atoms with Crippen LogP contribution in [0.4, 0.5) is 5.69 Å². The van der Waals surface area contributed by atoms with Crippen molar-refractivity contribution in [3.63, 3.8) is 0 Å². The van der Waals surface area contributed by atoms with Gasteiger partial charge in [-0.2, -0.15) is 0 Å². The number of hydrogen-bond donors (Lipinski definition) is 5. The molecule has 1 saturated heterocycles. The van der Waals surface area contributed by atoms with Gasteiger partial charge in [-0.3, -0.25) is 14.9 Å². The van der Waals surface area contributed by atoms with Gasteiger partial charge in [0.2, 0.25) is 5.91 Å². The number of rotatable bonds is 6. The Balaban J connectivity index is 1.91. The molecule has 0 radical (unpaired) electrons. The van der Waals surface area contributed by atoms with Crippen LogP contribution in [0.1, 0.15) is 5.56 Å². The van der Waals surface area contributed by atoms with Crippen LogP contribution >= 0.6 is 0 Å². The fourth-order valence-electron chi connectivity index (χ4n) is 2.52. The minimum Gasteiger partial charge on any atom is -0.395 e. The minimum atomic E-state index is -1.11. The van der Waals surface area contributed by atoms with Crippen LogP contribution in [0.2, 0.25) is 0 Å². The van der Waals surface area contributed by atoms with Gasteiger partial charge in [0.1, 0.15) is 0 Å². The lowest BCUT2D eigenvalue weighted by atomic mass is 10.1. The van der Waals surface area contributed by atoms with E-state index < -0.39 is 35.1 Å². The van der Waals surface area contributed by atoms with Crippen molar-refractivity contribution < 1.29 is 25.0 Å². The van der Waals surface area contributed by atoms with E-state index in [-0.39, 0.29) is 18.8 Å².